The summed E-state index contributed by atoms with van der Waals surface area (Å²) in [7, 11) is 0. The summed E-state index contributed by atoms with van der Waals surface area (Å²) in [6, 6.07) is 6.43. The Kier molecular flexibility index (Phi) is 4.86. The number of benzene rings is 1. The molecule has 2 N–H and O–H groups in total. The first-order chi connectivity index (χ1) is 8.50. The van der Waals surface area contributed by atoms with Gasteiger partial charge >= 0.3 is 0 Å². The fourth-order valence-electron chi connectivity index (χ4n) is 2.52. The zero-order valence-corrected chi connectivity index (χ0v) is 13.7. The van der Waals surface area contributed by atoms with Gasteiger partial charge in [-0.25, -0.2) is 0 Å². The topological polar surface area (TPSA) is 32.3 Å². The van der Waals surface area contributed by atoms with Gasteiger partial charge in [-0.05, 0) is 37.5 Å². The van der Waals surface area contributed by atoms with E-state index in [-0.39, 0.29) is 6.04 Å². The summed E-state index contributed by atoms with van der Waals surface area (Å²) >= 11 is 7.04. The molecule has 1 aliphatic carbocycles. The van der Waals surface area contributed by atoms with Crippen molar-refractivity contribution in [2.75, 3.05) is 6.54 Å². The van der Waals surface area contributed by atoms with E-state index >= 15 is 0 Å². The summed E-state index contributed by atoms with van der Waals surface area (Å²) in [5.74, 6) is 0. The van der Waals surface area contributed by atoms with Gasteiger partial charge in [-0.1, -0.05) is 50.8 Å². The van der Waals surface area contributed by atoms with Crippen LogP contribution in [0, 0.1) is 0 Å². The second-order valence-electron chi connectivity index (χ2n) is 5.20. The molecule has 1 atom stereocenters. The predicted octanol–water partition coefficient (Wildman–Crippen LogP) is 4.17. The van der Waals surface area contributed by atoms with Crippen LogP contribution < -0.4 is 5.32 Å². The van der Waals surface area contributed by atoms with E-state index in [9.17, 15) is 5.11 Å². The first-order valence-corrected chi connectivity index (χ1v) is 7.99. The van der Waals surface area contributed by atoms with Crippen LogP contribution in [-0.4, -0.2) is 17.3 Å². The van der Waals surface area contributed by atoms with Crippen LogP contribution in [0.3, 0.4) is 0 Å². The van der Waals surface area contributed by atoms with Gasteiger partial charge in [0.25, 0.3) is 0 Å². The van der Waals surface area contributed by atoms with Crippen molar-refractivity contribution in [3.05, 3.63) is 32.7 Å². The zero-order chi connectivity index (χ0) is 13.2. The number of nitrogens with one attached hydrogen (secondary N) is 1. The lowest BCUT2D eigenvalue weighted by molar-refractivity contribution is 0.0453. The number of aliphatic hydroxyl groups is 1. The van der Waals surface area contributed by atoms with Crippen LogP contribution in [0.4, 0.5) is 0 Å². The smallest absolute Gasteiger partial charge is 0.0771 e. The lowest BCUT2D eigenvalue weighted by Gasteiger charge is -2.25. The summed E-state index contributed by atoms with van der Waals surface area (Å²) in [5, 5.41) is 13.8. The highest BCUT2D eigenvalue weighted by atomic mass is 79.9. The van der Waals surface area contributed by atoms with E-state index in [1.165, 1.54) is 5.56 Å². The molecule has 1 aliphatic rings. The molecule has 1 fully saturated rings. The lowest BCUT2D eigenvalue weighted by atomic mass is 10.0. The molecule has 1 aromatic carbocycles. The number of hydrogen-bond acceptors (Lipinski definition) is 2. The predicted molar refractivity (Wildman–Crippen MR) is 81.7 cm³/mol. The maximum Gasteiger partial charge on any atom is 0.0771 e. The van der Waals surface area contributed by atoms with Crippen LogP contribution >= 0.6 is 31.9 Å². The van der Waals surface area contributed by atoms with Gasteiger partial charge in [0.1, 0.15) is 0 Å². The fourth-order valence-corrected chi connectivity index (χ4v) is 3.91. The molecular formula is C14H19Br2NO. The van der Waals surface area contributed by atoms with Gasteiger partial charge in [0.2, 0.25) is 0 Å². The molecule has 0 aromatic heterocycles. The molecule has 0 bridgehead atoms. The molecule has 100 valence electrons. The molecule has 1 saturated carbocycles. The summed E-state index contributed by atoms with van der Waals surface area (Å²) in [6.07, 6.45) is 4.14. The van der Waals surface area contributed by atoms with Crippen LogP contribution in [0.25, 0.3) is 0 Å². The van der Waals surface area contributed by atoms with Crippen molar-refractivity contribution < 1.29 is 5.11 Å². The van der Waals surface area contributed by atoms with Gasteiger partial charge in [-0.15, -0.1) is 0 Å². The molecule has 0 spiro atoms. The highest BCUT2D eigenvalue weighted by Crippen LogP contribution is 2.30. The third-order valence-corrected chi connectivity index (χ3v) is 4.88. The Bertz CT molecular complexity index is 416. The second kappa shape index (κ2) is 6.04. The summed E-state index contributed by atoms with van der Waals surface area (Å²) < 4.78 is 2.16. The van der Waals surface area contributed by atoms with E-state index in [1.54, 1.807) is 0 Å². The van der Waals surface area contributed by atoms with Gasteiger partial charge in [0, 0.05) is 21.5 Å². The van der Waals surface area contributed by atoms with Gasteiger partial charge in [0.15, 0.2) is 0 Å². The van der Waals surface area contributed by atoms with E-state index in [2.05, 4.69) is 56.2 Å². The monoisotopic (exact) mass is 375 g/mol. The van der Waals surface area contributed by atoms with Gasteiger partial charge < -0.3 is 10.4 Å². The zero-order valence-electron chi connectivity index (χ0n) is 10.5. The van der Waals surface area contributed by atoms with E-state index in [4.69, 9.17) is 0 Å². The van der Waals surface area contributed by atoms with Crippen molar-refractivity contribution in [1.82, 2.24) is 5.32 Å². The molecule has 2 rings (SSSR count). The molecule has 0 saturated heterocycles. The van der Waals surface area contributed by atoms with Crippen LogP contribution in [0.2, 0.25) is 0 Å². The van der Waals surface area contributed by atoms with Gasteiger partial charge in [-0.3, -0.25) is 0 Å². The molecule has 0 heterocycles. The molecule has 0 radical (unpaired) electrons. The van der Waals surface area contributed by atoms with Crippen LogP contribution in [0.15, 0.2) is 27.1 Å². The van der Waals surface area contributed by atoms with E-state index in [0.29, 0.717) is 6.54 Å². The SMILES string of the molecule is CC(NCC1(O)CCCC1)c1ccc(Br)cc1Br. The second-order valence-corrected chi connectivity index (χ2v) is 6.97. The van der Waals surface area contributed by atoms with E-state index in [1.807, 2.05) is 6.07 Å². The van der Waals surface area contributed by atoms with E-state index < -0.39 is 5.60 Å². The third-order valence-electron chi connectivity index (χ3n) is 3.70. The number of rotatable bonds is 4. The standard InChI is InChI=1S/C14H19Br2NO/c1-10(12-5-4-11(15)8-13(12)16)17-9-14(18)6-2-3-7-14/h4-5,8,10,17-18H,2-3,6-7,9H2,1H3. The Morgan fingerprint density at radius 2 is 2.00 bits per heavy atom. The van der Waals surface area contributed by atoms with Crippen molar-refractivity contribution in [3.8, 4) is 0 Å². The molecule has 18 heavy (non-hydrogen) atoms. The van der Waals surface area contributed by atoms with Gasteiger partial charge in [0.05, 0.1) is 5.60 Å². The molecule has 0 aliphatic heterocycles. The number of halogens is 2. The van der Waals surface area contributed by atoms with Gasteiger partial charge in [-0.2, -0.15) is 0 Å². The third kappa shape index (κ3) is 3.56. The minimum absolute atomic E-state index is 0.233. The maximum absolute atomic E-state index is 10.3. The van der Waals surface area contributed by atoms with Crippen molar-refractivity contribution in [1.29, 1.82) is 0 Å². The molecular weight excluding hydrogens is 358 g/mol. The summed E-state index contributed by atoms with van der Waals surface area (Å²) in [5.41, 5.74) is 0.732. The molecule has 1 aromatic rings. The minimum atomic E-state index is -0.490. The number of hydrogen-bond donors (Lipinski definition) is 2. The van der Waals surface area contributed by atoms with Crippen LogP contribution in [0.5, 0.6) is 0 Å². The molecule has 0 amide bonds. The Labute approximate surface area is 125 Å². The highest BCUT2D eigenvalue weighted by Gasteiger charge is 2.31. The van der Waals surface area contributed by atoms with Crippen LogP contribution in [0.1, 0.15) is 44.2 Å². The summed E-state index contributed by atoms with van der Waals surface area (Å²) in [4.78, 5) is 0. The van der Waals surface area contributed by atoms with Crippen molar-refractivity contribution >= 4 is 31.9 Å². The molecule has 2 nitrogen and oxygen atoms in total. The molecule has 4 heteroatoms. The quantitative estimate of drug-likeness (QED) is 0.826. The maximum atomic E-state index is 10.3. The Morgan fingerprint density at radius 1 is 1.33 bits per heavy atom. The fraction of sp³-hybridized carbons (Fsp3) is 0.571. The Morgan fingerprint density at radius 3 is 2.61 bits per heavy atom. The Hall–Kier alpha value is 0.1000. The van der Waals surface area contributed by atoms with Crippen molar-refractivity contribution in [2.45, 2.75) is 44.2 Å². The van der Waals surface area contributed by atoms with Crippen molar-refractivity contribution in [2.24, 2.45) is 0 Å². The first-order valence-electron chi connectivity index (χ1n) is 6.41. The largest absolute Gasteiger partial charge is 0.389 e. The lowest BCUT2D eigenvalue weighted by Crippen LogP contribution is -2.39. The first kappa shape index (κ1) is 14.5. The Balaban J connectivity index is 1.97. The summed E-state index contributed by atoms with van der Waals surface area (Å²) in [6.45, 7) is 2.81. The average molecular weight is 377 g/mol. The highest BCUT2D eigenvalue weighted by molar-refractivity contribution is 9.11. The average Bonchev–Trinajstić information content (AvgIpc) is 2.74. The van der Waals surface area contributed by atoms with Crippen LogP contribution in [-0.2, 0) is 0 Å². The normalized spacial score (nSPS) is 20.0. The van der Waals surface area contributed by atoms with E-state index in [0.717, 1.165) is 34.6 Å². The molecule has 1 unspecified atom stereocenters. The van der Waals surface area contributed by atoms with Crippen molar-refractivity contribution in [3.63, 3.8) is 0 Å². The minimum Gasteiger partial charge on any atom is -0.389 e.